The third kappa shape index (κ3) is 4.27. The average Bonchev–Trinajstić information content (AvgIpc) is 2.20. The summed E-state index contributed by atoms with van der Waals surface area (Å²) >= 11 is 0. The highest BCUT2D eigenvalue weighted by atomic mass is 16.5. The number of hydrogen-bond donors (Lipinski definition) is 2. The molecule has 1 rings (SSSR count). The van der Waals surface area contributed by atoms with Gasteiger partial charge in [0.05, 0.1) is 18.5 Å². The SMILES string of the molecule is CCOc1ccc(NC(=O)CC(C)N)cn1. The number of amides is 1. The fourth-order valence-electron chi connectivity index (χ4n) is 1.19. The smallest absolute Gasteiger partial charge is 0.225 e. The van der Waals surface area contributed by atoms with E-state index in [9.17, 15) is 4.79 Å². The van der Waals surface area contributed by atoms with Crippen LogP contribution in [-0.4, -0.2) is 23.5 Å². The minimum Gasteiger partial charge on any atom is -0.478 e. The number of rotatable bonds is 5. The molecule has 0 aliphatic heterocycles. The maximum Gasteiger partial charge on any atom is 0.225 e. The number of nitrogens with zero attached hydrogens (tertiary/aromatic N) is 1. The van der Waals surface area contributed by atoms with Crippen molar-refractivity contribution in [2.45, 2.75) is 26.3 Å². The third-order valence-corrected chi connectivity index (χ3v) is 1.82. The zero-order valence-electron chi connectivity index (χ0n) is 9.56. The zero-order chi connectivity index (χ0) is 12.0. The Morgan fingerprint density at radius 3 is 2.88 bits per heavy atom. The summed E-state index contributed by atoms with van der Waals surface area (Å²) in [5.74, 6) is 0.439. The molecule has 0 saturated heterocycles. The van der Waals surface area contributed by atoms with Gasteiger partial charge in [0, 0.05) is 18.5 Å². The largest absolute Gasteiger partial charge is 0.478 e. The molecular weight excluding hydrogens is 206 g/mol. The number of aromatic nitrogens is 1. The van der Waals surface area contributed by atoms with Crippen LogP contribution in [0.25, 0.3) is 0 Å². The molecule has 1 amide bonds. The topological polar surface area (TPSA) is 77.2 Å². The van der Waals surface area contributed by atoms with Gasteiger partial charge in [-0.15, -0.1) is 0 Å². The van der Waals surface area contributed by atoms with E-state index in [1.54, 1.807) is 25.3 Å². The average molecular weight is 223 g/mol. The summed E-state index contributed by atoms with van der Waals surface area (Å²) in [6, 6.07) is 3.32. The molecule has 5 nitrogen and oxygen atoms in total. The van der Waals surface area contributed by atoms with Crippen LogP contribution in [0.1, 0.15) is 20.3 Å². The summed E-state index contributed by atoms with van der Waals surface area (Å²) < 4.78 is 5.19. The molecule has 0 aliphatic rings. The van der Waals surface area contributed by atoms with Crippen molar-refractivity contribution in [2.75, 3.05) is 11.9 Å². The van der Waals surface area contributed by atoms with E-state index in [0.29, 0.717) is 24.6 Å². The normalized spacial score (nSPS) is 11.9. The van der Waals surface area contributed by atoms with E-state index >= 15 is 0 Å². The lowest BCUT2D eigenvalue weighted by atomic mass is 10.2. The number of anilines is 1. The van der Waals surface area contributed by atoms with Gasteiger partial charge in [-0.1, -0.05) is 0 Å². The van der Waals surface area contributed by atoms with E-state index in [-0.39, 0.29) is 11.9 Å². The molecule has 3 N–H and O–H groups in total. The summed E-state index contributed by atoms with van der Waals surface area (Å²) in [4.78, 5) is 15.4. The number of nitrogens with two attached hydrogens (primary N) is 1. The van der Waals surface area contributed by atoms with E-state index < -0.39 is 0 Å². The summed E-state index contributed by atoms with van der Waals surface area (Å²) in [5.41, 5.74) is 6.16. The van der Waals surface area contributed by atoms with Crippen molar-refractivity contribution < 1.29 is 9.53 Å². The van der Waals surface area contributed by atoms with Gasteiger partial charge in [-0.2, -0.15) is 0 Å². The lowest BCUT2D eigenvalue weighted by Crippen LogP contribution is -2.24. The Labute approximate surface area is 95.0 Å². The van der Waals surface area contributed by atoms with Crippen LogP contribution in [0.5, 0.6) is 5.88 Å². The van der Waals surface area contributed by atoms with Gasteiger partial charge in [-0.25, -0.2) is 4.98 Å². The predicted octanol–water partition coefficient (Wildman–Crippen LogP) is 1.16. The second kappa shape index (κ2) is 6.07. The van der Waals surface area contributed by atoms with Gasteiger partial charge >= 0.3 is 0 Å². The van der Waals surface area contributed by atoms with Crippen LogP contribution in [0.15, 0.2) is 18.3 Å². The molecule has 1 unspecified atom stereocenters. The predicted molar refractivity (Wildman–Crippen MR) is 62.3 cm³/mol. The summed E-state index contributed by atoms with van der Waals surface area (Å²) in [5, 5.41) is 2.71. The molecule has 16 heavy (non-hydrogen) atoms. The second-order valence-corrected chi connectivity index (χ2v) is 3.55. The molecular formula is C11H17N3O2. The molecule has 1 heterocycles. The van der Waals surface area contributed by atoms with E-state index in [2.05, 4.69) is 10.3 Å². The fraction of sp³-hybridized carbons (Fsp3) is 0.455. The first-order chi connectivity index (χ1) is 7.61. The maximum absolute atomic E-state index is 11.4. The van der Waals surface area contributed by atoms with Crippen LogP contribution in [0.2, 0.25) is 0 Å². The van der Waals surface area contributed by atoms with Crippen molar-refractivity contribution in [2.24, 2.45) is 5.73 Å². The van der Waals surface area contributed by atoms with Crippen LogP contribution >= 0.6 is 0 Å². The first kappa shape index (κ1) is 12.4. The first-order valence-corrected chi connectivity index (χ1v) is 5.26. The van der Waals surface area contributed by atoms with Gasteiger partial charge in [0.2, 0.25) is 11.8 Å². The molecule has 1 aromatic rings. The van der Waals surface area contributed by atoms with Crippen molar-refractivity contribution in [1.29, 1.82) is 0 Å². The van der Waals surface area contributed by atoms with Crippen LogP contribution in [0.3, 0.4) is 0 Å². The van der Waals surface area contributed by atoms with Crippen molar-refractivity contribution in [3.63, 3.8) is 0 Å². The van der Waals surface area contributed by atoms with Crippen LogP contribution in [0, 0.1) is 0 Å². The number of nitrogens with one attached hydrogen (secondary N) is 1. The minimum atomic E-state index is -0.143. The number of hydrogen-bond acceptors (Lipinski definition) is 4. The van der Waals surface area contributed by atoms with Crippen molar-refractivity contribution in [3.05, 3.63) is 18.3 Å². The first-order valence-electron chi connectivity index (χ1n) is 5.26. The molecule has 88 valence electrons. The monoisotopic (exact) mass is 223 g/mol. The third-order valence-electron chi connectivity index (χ3n) is 1.82. The fourth-order valence-corrected chi connectivity index (χ4v) is 1.19. The Balaban J connectivity index is 2.51. The van der Waals surface area contributed by atoms with Gasteiger partial charge < -0.3 is 15.8 Å². The molecule has 0 spiro atoms. The van der Waals surface area contributed by atoms with Gasteiger partial charge in [-0.05, 0) is 19.9 Å². The van der Waals surface area contributed by atoms with Gasteiger partial charge in [0.25, 0.3) is 0 Å². The van der Waals surface area contributed by atoms with Crippen molar-refractivity contribution in [3.8, 4) is 5.88 Å². The molecule has 0 aliphatic carbocycles. The quantitative estimate of drug-likeness (QED) is 0.785. The molecule has 0 saturated carbocycles. The maximum atomic E-state index is 11.4. The Bertz CT molecular complexity index is 336. The molecule has 5 heteroatoms. The Kier molecular flexibility index (Phi) is 4.72. The Hall–Kier alpha value is -1.62. The van der Waals surface area contributed by atoms with Gasteiger partial charge in [-0.3, -0.25) is 4.79 Å². The van der Waals surface area contributed by atoms with Crippen LogP contribution in [0.4, 0.5) is 5.69 Å². The zero-order valence-corrected chi connectivity index (χ0v) is 9.56. The Morgan fingerprint density at radius 2 is 2.38 bits per heavy atom. The summed E-state index contributed by atoms with van der Waals surface area (Å²) in [7, 11) is 0. The van der Waals surface area contributed by atoms with Crippen LogP contribution in [-0.2, 0) is 4.79 Å². The lowest BCUT2D eigenvalue weighted by molar-refractivity contribution is -0.116. The van der Waals surface area contributed by atoms with Crippen molar-refractivity contribution >= 4 is 11.6 Å². The lowest BCUT2D eigenvalue weighted by Gasteiger charge is -2.07. The summed E-state index contributed by atoms with van der Waals surface area (Å²) in [6.07, 6.45) is 1.86. The van der Waals surface area contributed by atoms with E-state index in [4.69, 9.17) is 10.5 Å². The highest BCUT2D eigenvalue weighted by Gasteiger charge is 2.05. The number of pyridine rings is 1. The van der Waals surface area contributed by atoms with Gasteiger partial charge in [0.15, 0.2) is 0 Å². The highest BCUT2D eigenvalue weighted by Crippen LogP contribution is 2.11. The molecule has 1 aromatic heterocycles. The number of ether oxygens (including phenoxy) is 1. The highest BCUT2D eigenvalue weighted by molar-refractivity contribution is 5.90. The van der Waals surface area contributed by atoms with E-state index in [1.807, 2.05) is 6.92 Å². The number of carbonyl (C=O) groups is 1. The second-order valence-electron chi connectivity index (χ2n) is 3.55. The van der Waals surface area contributed by atoms with Crippen LogP contribution < -0.4 is 15.8 Å². The standard InChI is InChI=1S/C11H17N3O2/c1-3-16-11-5-4-9(7-13-11)14-10(15)6-8(2)12/h4-5,7-8H,3,6,12H2,1-2H3,(H,14,15). The van der Waals surface area contributed by atoms with E-state index in [1.165, 1.54) is 0 Å². The Morgan fingerprint density at radius 1 is 1.62 bits per heavy atom. The van der Waals surface area contributed by atoms with Gasteiger partial charge in [0.1, 0.15) is 0 Å². The molecule has 0 radical (unpaired) electrons. The van der Waals surface area contributed by atoms with Crippen molar-refractivity contribution in [1.82, 2.24) is 4.98 Å². The van der Waals surface area contributed by atoms with E-state index in [0.717, 1.165) is 0 Å². The molecule has 0 bridgehead atoms. The molecule has 0 aromatic carbocycles. The minimum absolute atomic E-state index is 0.110. The molecule has 1 atom stereocenters. The summed E-state index contributed by atoms with van der Waals surface area (Å²) in [6.45, 7) is 4.25. The molecule has 0 fully saturated rings. The number of carbonyl (C=O) groups excluding carboxylic acids is 1.